The lowest BCUT2D eigenvalue weighted by Crippen LogP contribution is -2.57. The Morgan fingerprint density at radius 1 is 1.09 bits per heavy atom. The lowest BCUT2D eigenvalue weighted by Gasteiger charge is -2.39. The minimum Gasteiger partial charge on any atom is -0.444 e. The molecule has 0 bridgehead atoms. The van der Waals surface area contributed by atoms with Gasteiger partial charge in [0.1, 0.15) is 5.60 Å². The van der Waals surface area contributed by atoms with Gasteiger partial charge in [-0.2, -0.15) is 0 Å². The van der Waals surface area contributed by atoms with E-state index in [0.717, 1.165) is 64.7 Å². The van der Waals surface area contributed by atoms with Crippen LogP contribution in [0.25, 0.3) is 0 Å². The summed E-state index contributed by atoms with van der Waals surface area (Å²) in [6.07, 6.45) is 0.887. The van der Waals surface area contributed by atoms with Crippen molar-refractivity contribution >= 4 is 41.7 Å². The number of rotatable bonds is 5. The van der Waals surface area contributed by atoms with Gasteiger partial charge in [-0.05, 0) is 45.9 Å². The van der Waals surface area contributed by atoms with E-state index in [4.69, 9.17) is 9.73 Å². The number of carbonyl (C=O) groups is 1. The number of nitrogens with one attached hydrogen (secondary N) is 1. The molecule has 8 nitrogen and oxygen atoms in total. The van der Waals surface area contributed by atoms with Crippen molar-refractivity contribution in [1.82, 2.24) is 20.0 Å². The second-order valence-corrected chi connectivity index (χ2v) is 9.88. The van der Waals surface area contributed by atoms with Gasteiger partial charge in [-0.3, -0.25) is 9.89 Å². The summed E-state index contributed by atoms with van der Waals surface area (Å²) in [4.78, 5) is 26.2. The molecule has 4 rings (SSSR count). The summed E-state index contributed by atoms with van der Waals surface area (Å²) in [5.74, 6) is 0.993. The van der Waals surface area contributed by atoms with Gasteiger partial charge in [0.25, 0.3) is 0 Å². The standard InChI is InChI=1S/C24H38N6O2.HI/c1-24(2,3)32-23(31)29-16-17-30-21(19-29)18-26-22(30)25-10-7-11-27-12-14-28(15-13-27)20-8-5-4-6-9-20;/h4-6,8-9,21H,7,10-19H2,1-3H3,(H,25,26);1H. The Balaban J connectivity index is 0.00000306. The molecule has 2 fully saturated rings. The molecule has 0 radical (unpaired) electrons. The number of aliphatic imine (C=N–C) groups is 1. The van der Waals surface area contributed by atoms with Gasteiger partial charge in [0.15, 0.2) is 5.96 Å². The first-order chi connectivity index (χ1) is 15.4. The average Bonchev–Trinajstić information content (AvgIpc) is 3.19. The monoisotopic (exact) mass is 570 g/mol. The van der Waals surface area contributed by atoms with Gasteiger partial charge in [0, 0.05) is 58.0 Å². The van der Waals surface area contributed by atoms with E-state index in [0.29, 0.717) is 13.1 Å². The van der Waals surface area contributed by atoms with Crippen molar-refractivity contribution in [3.8, 4) is 0 Å². The molecule has 3 aliphatic heterocycles. The van der Waals surface area contributed by atoms with Crippen LogP contribution in [0.3, 0.4) is 0 Å². The highest BCUT2D eigenvalue weighted by atomic mass is 127. The van der Waals surface area contributed by atoms with Gasteiger partial charge >= 0.3 is 6.09 Å². The lowest BCUT2D eigenvalue weighted by atomic mass is 10.2. The molecule has 0 spiro atoms. The Bertz CT molecular complexity index is 792. The summed E-state index contributed by atoms with van der Waals surface area (Å²) in [6, 6.07) is 10.9. The number of anilines is 1. The van der Waals surface area contributed by atoms with Gasteiger partial charge in [-0.15, -0.1) is 24.0 Å². The summed E-state index contributed by atoms with van der Waals surface area (Å²) < 4.78 is 5.53. The van der Waals surface area contributed by atoms with Crippen molar-refractivity contribution in [2.75, 3.05) is 70.3 Å². The zero-order valence-electron chi connectivity index (χ0n) is 20.2. The fraction of sp³-hybridized carbons (Fsp3) is 0.667. The van der Waals surface area contributed by atoms with E-state index in [2.05, 4.69) is 50.3 Å². The topological polar surface area (TPSA) is 63.7 Å². The summed E-state index contributed by atoms with van der Waals surface area (Å²) >= 11 is 0. The summed E-state index contributed by atoms with van der Waals surface area (Å²) in [5.41, 5.74) is 0.871. The van der Waals surface area contributed by atoms with E-state index in [-0.39, 0.29) is 36.1 Å². The number of nitrogens with zero attached hydrogens (tertiary/aromatic N) is 5. The van der Waals surface area contributed by atoms with Crippen molar-refractivity contribution in [2.24, 2.45) is 4.99 Å². The number of para-hydroxylation sites is 1. The molecule has 1 N–H and O–H groups in total. The molecule has 184 valence electrons. The summed E-state index contributed by atoms with van der Waals surface area (Å²) in [7, 11) is 0. The highest BCUT2D eigenvalue weighted by molar-refractivity contribution is 14.0. The number of ether oxygens (including phenoxy) is 1. The fourth-order valence-electron chi connectivity index (χ4n) is 4.59. The van der Waals surface area contributed by atoms with Crippen LogP contribution >= 0.6 is 24.0 Å². The molecule has 3 aliphatic rings. The van der Waals surface area contributed by atoms with Gasteiger partial charge in [-0.1, -0.05) is 18.2 Å². The van der Waals surface area contributed by atoms with E-state index in [9.17, 15) is 4.79 Å². The minimum absolute atomic E-state index is 0. The number of amides is 1. The third-order valence-electron chi connectivity index (χ3n) is 6.29. The molecule has 1 aromatic carbocycles. The maximum Gasteiger partial charge on any atom is 0.410 e. The maximum absolute atomic E-state index is 12.4. The van der Waals surface area contributed by atoms with E-state index in [1.807, 2.05) is 25.7 Å². The molecule has 33 heavy (non-hydrogen) atoms. The molecule has 2 saturated heterocycles. The van der Waals surface area contributed by atoms with Crippen LogP contribution in [0, 0.1) is 0 Å². The highest BCUT2D eigenvalue weighted by Gasteiger charge is 2.36. The van der Waals surface area contributed by atoms with Crippen LogP contribution in [0.5, 0.6) is 0 Å². The fourth-order valence-corrected chi connectivity index (χ4v) is 4.59. The zero-order valence-corrected chi connectivity index (χ0v) is 22.5. The van der Waals surface area contributed by atoms with E-state index in [1.54, 1.807) is 0 Å². The number of hydrogen-bond acceptors (Lipinski definition) is 7. The number of hydrogen-bond donors (Lipinski definition) is 1. The molecule has 0 aromatic heterocycles. The SMILES string of the molecule is CC(C)(C)OC(=O)N1CCN2C(NCCCN3CCN(c4ccccc4)CC3)=NCC2C1.I. The van der Waals surface area contributed by atoms with Gasteiger partial charge in [0.05, 0.1) is 12.6 Å². The Labute approximate surface area is 215 Å². The van der Waals surface area contributed by atoms with Crippen LogP contribution in [-0.4, -0.2) is 104 Å². The van der Waals surface area contributed by atoms with Crippen molar-refractivity contribution in [1.29, 1.82) is 0 Å². The number of benzene rings is 1. The first kappa shape index (κ1) is 25.9. The lowest BCUT2D eigenvalue weighted by molar-refractivity contribution is 0.0137. The molecule has 0 aliphatic carbocycles. The predicted octanol–water partition coefficient (Wildman–Crippen LogP) is 2.70. The maximum atomic E-state index is 12.4. The smallest absolute Gasteiger partial charge is 0.410 e. The number of halogens is 1. The Hall–Kier alpha value is -1.75. The van der Waals surface area contributed by atoms with Crippen LogP contribution in [-0.2, 0) is 4.74 Å². The van der Waals surface area contributed by atoms with E-state index in [1.165, 1.54) is 5.69 Å². The average molecular weight is 571 g/mol. The van der Waals surface area contributed by atoms with Crippen LogP contribution in [0.4, 0.5) is 10.5 Å². The van der Waals surface area contributed by atoms with Crippen LogP contribution in [0.2, 0.25) is 0 Å². The molecular weight excluding hydrogens is 531 g/mol. The summed E-state index contributed by atoms with van der Waals surface area (Å²) in [6.45, 7) is 15.1. The van der Waals surface area contributed by atoms with E-state index < -0.39 is 5.60 Å². The second kappa shape index (κ2) is 11.6. The molecule has 9 heteroatoms. The predicted molar refractivity (Wildman–Crippen MR) is 144 cm³/mol. The largest absolute Gasteiger partial charge is 0.444 e. The third kappa shape index (κ3) is 7.11. The number of carbonyl (C=O) groups excluding carboxylic acids is 1. The minimum atomic E-state index is -0.457. The molecule has 1 amide bonds. The first-order valence-corrected chi connectivity index (χ1v) is 11.9. The highest BCUT2D eigenvalue weighted by Crippen LogP contribution is 2.19. The number of guanidine groups is 1. The third-order valence-corrected chi connectivity index (χ3v) is 6.29. The van der Waals surface area contributed by atoms with Crippen molar-refractivity contribution in [3.05, 3.63) is 30.3 Å². The summed E-state index contributed by atoms with van der Waals surface area (Å²) in [5, 5.41) is 3.54. The molecule has 3 heterocycles. The van der Waals surface area contributed by atoms with Crippen molar-refractivity contribution < 1.29 is 9.53 Å². The number of piperazine rings is 2. The molecule has 0 saturated carbocycles. The molecule has 1 atom stereocenters. The van der Waals surface area contributed by atoms with Crippen LogP contribution in [0.1, 0.15) is 27.2 Å². The molecule has 1 aromatic rings. The quantitative estimate of drug-likeness (QED) is 0.434. The van der Waals surface area contributed by atoms with Gasteiger partial charge < -0.3 is 24.8 Å². The Morgan fingerprint density at radius 2 is 1.82 bits per heavy atom. The second-order valence-electron chi connectivity index (χ2n) is 9.88. The van der Waals surface area contributed by atoms with Crippen LogP contribution < -0.4 is 10.2 Å². The first-order valence-electron chi connectivity index (χ1n) is 11.9. The Morgan fingerprint density at radius 3 is 2.52 bits per heavy atom. The molecule has 1 unspecified atom stereocenters. The Kier molecular flexibility index (Phi) is 9.09. The number of fused-ring (bicyclic) bond motifs is 1. The molecular formula is C24H39IN6O2. The van der Waals surface area contributed by atoms with Gasteiger partial charge in [-0.25, -0.2) is 4.79 Å². The van der Waals surface area contributed by atoms with Crippen molar-refractivity contribution in [2.45, 2.75) is 38.8 Å². The normalized spacial score (nSPS) is 21.2. The van der Waals surface area contributed by atoms with Crippen molar-refractivity contribution in [3.63, 3.8) is 0 Å². The van der Waals surface area contributed by atoms with Gasteiger partial charge in [0.2, 0.25) is 0 Å². The zero-order chi connectivity index (χ0) is 22.6. The van der Waals surface area contributed by atoms with Crippen LogP contribution in [0.15, 0.2) is 35.3 Å². The van der Waals surface area contributed by atoms with E-state index >= 15 is 0 Å².